The van der Waals surface area contributed by atoms with Crippen LogP contribution < -0.4 is 10.5 Å². The molecule has 0 bridgehead atoms. The molecule has 0 fully saturated rings. The molecule has 0 spiro atoms. The van der Waals surface area contributed by atoms with Gasteiger partial charge in [0.25, 0.3) is 0 Å². The molecule has 82 valence electrons. The van der Waals surface area contributed by atoms with Crippen LogP contribution in [0.15, 0.2) is 18.2 Å². The molecule has 1 aromatic carbocycles. The average molecular weight is 209 g/mol. The molecule has 0 aromatic heterocycles. The van der Waals surface area contributed by atoms with Crippen molar-refractivity contribution in [2.75, 3.05) is 6.79 Å². The molecule has 1 heterocycles. The average Bonchev–Trinajstić information content (AvgIpc) is 2.27. The quantitative estimate of drug-likeness (QED) is 0.760. The molecule has 0 saturated carbocycles. The van der Waals surface area contributed by atoms with Gasteiger partial charge in [-0.2, -0.15) is 0 Å². The number of nitrogens with two attached hydrogens (primary N) is 1. The summed E-state index contributed by atoms with van der Waals surface area (Å²) in [4.78, 5) is 0. The maximum absolute atomic E-state index is 9.79. The van der Waals surface area contributed by atoms with Crippen LogP contribution in [0.3, 0.4) is 0 Å². The van der Waals surface area contributed by atoms with Gasteiger partial charge in [0.15, 0.2) is 6.79 Å². The van der Waals surface area contributed by atoms with E-state index < -0.39 is 6.10 Å². The van der Waals surface area contributed by atoms with Crippen molar-refractivity contribution in [2.45, 2.75) is 25.7 Å². The zero-order valence-electron chi connectivity index (χ0n) is 8.64. The van der Waals surface area contributed by atoms with Gasteiger partial charge in [-0.05, 0) is 18.6 Å². The largest absolute Gasteiger partial charge is 0.467 e. The molecule has 15 heavy (non-hydrogen) atoms. The Morgan fingerprint density at radius 1 is 1.47 bits per heavy atom. The summed E-state index contributed by atoms with van der Waals surface area (Å²) in [7, 11) is 0. The maximum Gasteiger partial charge on any atom is 0.189 e. The van der Waals surface area contributed by atoms with Crippen molar-refractivity contribution in [3.05, 3.63) is 29.3 Å². The van der Waals surface area contributed by atoms with Gasteiger partial charge in [0.2, 0.25) is 0 Å². The number of hydrogen-bond acceptors (Lipinski definition) is 4. The Hall–Kier alpha value is -1.10. The summed E-state index contributed by atoms with van der Waals surface area (Å²) in [6, 6.07) is 5.29. The Morgan fingerprint density at radius 2 is 2.27 bits per heavy atom. The summed E-state index contributed by atoms with van der Waals surface area (Å²) in [5.74, 6) is 0.776. The van der Waals surface area contributed by atoms with Crippen molar-refractivity contribution in [2.24, 2.45) is 5.73 Å². The van der Waals surface area contributed by atoms with Gasteiger partial charge in [-0.15, -0.1) is 0 Å². The molecule has 0 saturated heterocycles. The third-order valence-electron chi connectivity index (χ3n) is 2.49. The topological polar surface area (TPSA) is 64.7 Å². The molecule has 4 heteroatoms. The zero-order valence-corrected chi connectivity index (χ0v) is 8.64. The van der Waals surface area contributed by atoms with Crippen LogP contribution in [-0.4, -0.2) is 17.9 Å². The summed E-state index contributed by atoms with van der Waals surface area (Å²) < 4.78 is 10.5. The van der Waals surface area contributed by atoms with E-state index in [1.54, 1.807) is 6.92 Å². The SMILES string of the molecule is CC(N)[C@H](O)c1ccc2c(c1)OCOC2. The maximum atomic E-state index is 9.79. The van der Waals surface area contributed by atoms with Crippen LogP contribution in [0.25, 0.3) is 0 Å². The number of benzene rings is 1. The van der Waals surface area contributed by atoms with Crippen LogP contribution in [0.2, 0.25) is 0 Å². The second-order valence-corrected chi connectivity index (χ2v) is 3.78. The van der Waals surface area contributed by atoms with Crippen molar-refractivity contribution in [1.29, 1.82) is 0 Å². The lowest BCUT2D eigenvalue weighted by molar-refractivity contribution is -0.0166. The van der Waals surface area contributed by atoms with Gasteiger partial charge < -0.3 is 20.3 Å². The number of rotatable bonds is 2. The first-order valence-corrected chi connectivity index (χ1v) is 4.95. The molecule has 3 N–H and O–H groups in total. The highest BCUT2D eigenvalue weighted by molar-refractivity contribution is 5.39. The highest BCUT2D eigenvalue weighted by Gasteiger charge is 2.16. The van der Waals surface area contributed by atoms with Crippen molar-refractivity contribution in [3.8, 4) is 5.75 Å². The number of fused-ring (bicyclic) bond motifs is 1. The van der Waals surface area contributed by atoms with Gasteiger partial charge in [-0.3, -0.25) is 0 Å². The minimum absolute atomic E-state index is 0.269. The van der Waals surface area contributed by atoms with E-state index in [9.17, 15) is 5.11 Å². The van der Waals surface area contributed by atoms with Gasteiger partial charge in [0.1, 0.15) is 5.75 Å². The Balaban J connectivity index is 2.27. The molecule has 1 aromatic rings. The highest BCUT2D eigenvalue weighted by atomic mass is 16.7. The second kappa shape index (κ2) is 4.18. The lowest BCUT2D eigenvalue weighted by Gasteiger charge is -2.21. The van der Waals surface area contributed by atoms with Crippen LogP contribution in [0.4, 0.5) is 0 Å². The van der Waals surface area contributed by atoms with Crippen LogP contribution >= 0.6 is 0 Å². The number of aliphatic hydroxyl groups is 1. The summed E-state index contributed by atoms with van der Waals surface area (Å²) in [5.41, 5.74) is 7.41. The fourth-order valence-corrected chi connectivity index (χ4v) is 1.57. The van der Waals surface area contributed by atoms with E-state index >= 15 is 0 Å². The zero-order chi connectivity index (χ0) is 10.8. The molecule has 1 aliphatic rings. The normalized spacial score (nSPS) is 18.9. The minimum atomic E-state index is -0.651. The lowest BCUT2D eigenvalue weighted by Crippen LogP contribution is -2.24. The van der Waals surface area contributed by atoms with Crippen LogP contribution in [-0.2, 0) is 11.3 Å². The summed E-state index contributed by atoms with van der Waals surface area (Å²) >= 11 is 0. The molecule has 1 unspecified atom stereocenters. The monoisotopic (exact) mass is 209 g/mol. The van der Waals surface area contributed by atoms with Crippen LogP contribution in [0, 0.1) is 0 Å². The van der Waals surface area contributed by atoms with Gasteiger partial charge in [-0.25, -0.2) is 0 Å². The van der Waals surface area contributed by atoms with Crippen molar-refractivity contribution >= 4 is 0 Å². The molecule has 2 atom stereocenters. The Morgan fingerprint density at radius 3 is 3.00 bits per heavy atom. The van der Waals surface area contributed by atoms with Crippen LogP contribution in [0.5, 0.6) is 5.75 Å². The van der Waals surface area contributed by atoms with Gasteiger partial charge in [0.05, 0.1) is 12.7 Å². The number of aliphatic hydroxyl groups excluding tert-OH is 1. The first-order valence-electron chi connectivity index (χ1n) is 4.95. The fraction of sp³-hybridized carbons (Fsp3) is 0.455. The van der Waals surface area contributed by atoms with E-state index in [-0.39, 0.29) is 12.8 Å². The Labute approximate surface area is 88.6 Å². The fourth-order valence-electron chi connectivity index (χ4n) is 1.57. The summed E-state index contributed by atoms with van der Waals surface area (Å²) in [6.45, 7) is 2.60. The smallest absolute Gasteiger partial charge is 0.189 e. The number of hydrogen-bond donors (Lipinski definition) is 2. The standard InChI is InChI=1S/C11H15NO3/c1-7(12)11(13)8-2-3-9-5-14-6-15-10(9)4-8/h2-4,7,11,13H,5-6,12H2,1H3/t7?,11-/m0/s1. The van der Waals surface area contributed by atoms with E-state index in [4.69, 9.17) is 15.2 Å². The van der Waals surface area contributed by atoms with E-state index in [1.165, 1.54) is 0 Å². The highest BCUT2D eigenvalue weighted by Crippen LogP contribution is 2.28. The van der Waals surface area contributed by atoms with Crippen molar-refractivity contribution < 1.29 is 14.6 Å². The summed E-state index contributed by atoms with van der Waals surface area (Å²) in [5, 5.41) is 9.79. The van der Waals surface area contributed by atoms with E-state index in [0.717, 1.165) is 16.9 Å². The predicted molar refractivity (Wildman–Crippen MR) is 55.3 cm³/mol. The third-order valence-corrected chi connectivity index (χ3v) is 2.49. The van der Waals surface area contributed by atoms with E-state index in [0.29, 0.717) is 6.61 Å². The molecule has 0 amide bonds. The first kappa shape index (κ1) is 10.4. The van der Waals surface area contributed by atoms with Gasteiger partial charge >= 0.3 is 0 Å². The Bertz CT molecular complexity index is 352. The third kappa shape index (κ3) is 2.12. The number of ether oxygens (including phenoxy) is 2. The molecular weight excluding hydrogens is 194 g/mol. The molecule has 4 nitrogen and oxygen atoms in total. The molecule has 0 radical (unpaired) electrons. The first-order chi connectivity index (χ1) is 7.18. The molecule has 0 aliphatic carbocycles. The predicted octanol–water partition coefficient (Wildman–Crippen LogP) is 0.934. The molecule has 2 rings (SSSR count). The van der Waals surface area contributed by atoms with Crippen LogP contribution in [0.1, 0.15) is 24.2 Å². The van der Waals surface area contributed by atoms with Crippen molar-refractivity contribution in [1.82, 2.24) is 0 Å². The Kier molecular flexibility index (Phi) is 2.90. The molecular formula is C11H15NO3. The van der Waals surface area contributed by atoms with Gasteiger partial charge in [0, 0.05) is 11.6 Å². The second-order valence-electron chi connectivity index (χ2n) is 3.78. The van der Waals surface area contributed by atoms with Crippen molar-refractivity contribution in [3.63, 3.8) is 0 Å². The lowest BCUT2D eigenvalue weighted by atomic mass is 10.0. The minimum Gasteiger partial charge on any atom is -0.467 e. The summed E-state index contributed by atoms with van der Waals surface area (Å²) in [6.07, 6.45) is -0.651. The van der Waals surface area contributed by atoms with E-state index in [1.807, 2.05) is 18.2 Å². The molecule has 1 aliphatic heterocycles. The van der Waals surface area contributed by atoms with E-state index in [2.05, 4.69) is 0 Å². The van der Waals surface area contributed by atoms with Gasteiger partial charge in [-0.1, -0.05) is 12.1 Å².